The summed E-state index contributed by atoms with van der Waals surface area (Å²) in [6.07, 6.45) is -0.462. The van der Waals surface area contributed by atoms with E-state index in [4.69, 9.17) is 39.5 Å². The second-order valence-electron chi connectivity index (χ2n) is 2.34. The van der Waals surface area contributed by atoms with Crippen LogP contribution in [-0.2, 0) is 4.74 Å². The van der Waals surface area contributed by atoms with E-state index in [1.54, 1.807) is 0 Å². The lowest BCUT2D eigenvalue weighted by Gasteiger charge is -2.19. The maximum atomic E-state index is 11.2. The highest BCUT2D eigenvalue weighted by Crippen LogP contribution is 2.26. The molecule has 0 N–H and O–H groups in total. The third-order valence-corrected chi connectivity index (χ3v) is 1.71. The summed E-state index contributed by atoms with van der Waals surface area (Å²) < 4.78 is 3.20. The number of ether oxygens (including phenoxy) is 1. The Kier molecular flexibility index (Phi) is 5.85. The lowest BCUT2D eigenvalue weighted by Crippen LogP contribution is -2.33. The molecule has 3 nitrogen and oxygen atoms in total. The fraction of sp³-hybridized carbons (Fsp3) is 0.857. The molecule has 0 aromatic carbocycles. The summed E-state index contributed by atoms with van der Waals surface area (Å²) in [5.74, 6) is 0. The predicted octanol–water partition coefficient (Wildman–Crippen LogP) is 2.84. The average molecular weight is 249 g/mol. The van der Waals surface area contributed by atoms with Crippen LogP contribution in [0.4, 0.5) is 4.79 Å². The minimum Gasteiger partial charge on any atom is -0.445 e. The minimum absolute atomic E-state index is 0.229. The maximum absolute atomic E-state index is 11.2. The van der Waals surface area contributed by atoms with Crippen LogP contribution in [0.1, 0.15) is 13.8 Å². The molecule has 78 valence electrons. The number of hydrogen-bond acceptors (Lipinski definition) is 2. The Morgan fingerprint density at radius 3 is 2.08 bits per heavy atom. The van der Waals surface area contributed by atoms with E-state index >= 15 is 0 Å². The lowest BCUT2D eigenvalue weighted by molar-refractivity contribution is 0.108. The van der Waals surface area contributed by atoms with Crippen molar-refractivity contribution in [1.82, 2.24) is 4.90 Å². The van der Waals surface area contributed by atoms with Gasteiger partial charge in [0.15, 0.2) is 0 Å². The molecule has 0 aromatic rings. The zero-order valence-corrected chi connectivity index (χ0v) is 9.79. The fourth-order valence-corrected chi connectivity index (χ4v) is 0.880. The second-order valence-corrected chi connectivity index (χ2v) is 4.86. The van der Waals surface area contributed by atoms with Crippen LogP contribution in [-0.4, -0.2) is 34.5 Å². The van der Waals surface area contributed by atoms with Crippen molar-refractivity contribution in [2.75, 3.05) is 19.7 Å². The lowest BCUT2D eigenvalue weighted by atomic mass is 10.5. The summed E-state index contributed by atoms with van der Waals surface area (Å²) in [6.45, 7) is 4.62. The summed E-state index contributed by atoms with van der Waals surface area (Å²) >= 11 is 16.2. The molecule has 0 fully saturated rings. The number of alkyl halides is 3. The highest BCUT2D eigenvalue weighted by molar-refractivity contribution is 6.67. The molecule has 0 aromatic heterocycles. The van der Waals surface area contributed by atoms with Crippen LogP contribution >= 0.6 is 34.8 Å². The van der Waals surface area contributed by atoms with Crippen molar-refractivity contribution in [3.8, 4) is 0 Å². The fourth-order valence-electron chi connectivity index (χ4n) is 0.717. The van der Waals surface area contributed by atoms with E-state index in [1.807, 2.05) is 13.8 Å². The third kappa shape index (κ3) is 6.24. The standard InChI is InChI=1S/C7H12Cl3NO2/c1-3-11(4-2)6(12)13-5-7(8,9)10/h3-5H2,1-2H3. The Hall–Kier alpha value is 0.140. The van der Waals surface area contributed by atoms with Crippen molar-refractivity contribution in [3.63, 3.8) is 0 Å². The van der Waals surface area contributed by atoms with Gasteiger partial charge in [-0.05, 0) is 13.8 Å². The molecule has 0 radical (unpaired) electrons. The molecule has 0 unspecified atom stereocenters. The molecule has 13 heavy (non-hydrogen) atoms. The summed E-state index contributed by atoms with van der Waals surface area (Å²) in [4.78, 5) is 12.7. The molecule has 0 rings (SSSR count). The largest absolute Gasteiger partial charge is 0.445 e. The Balaban J connectivity index is 3.86. The minimum atomic E-state index is -1.54. The molecule has 1 amide bonds. The SMILES string of the molecule is CCN(CC)C(=O)OCC(Cl)(Cl)Cl. The molecule has 0 bridgehead atoms. The highest BCUT2D eigenvalue weighted by atomic mass is 35.6. The van der Waals surface area contributed by atoms with Crippen LogP contribution < -0.4 is 0 Å². The first kappa shape index (κ1) is 13.1. The Morgan fingerprint density at radius 1 is 1.31 bits per heavy atom. The molecule has 0 spiro atoms. The first-order valence-corrected chi connectivity index (χ1v) is 5.02. The van der Waals surface area contributed by atoms with Crippen molar-refractivity contribution in [1.29, 1.82) is 0 Å². The van der Waals surface area contributed by atoms with Crippen molar-refractivity contribution in [2.45, 2.75) is 17.6 Å². The molecular weight excluding hydrogens is 236 g/mol. The van der Waals surface area contributed by atoms with Gasteiger partial charge in [-0.3, -0.25) is 0 Å². The first-order valence-electron chi connectivity index (χ1n) is 3.89. The molecule has 0 saturated heterocycles. The number of hydrogen-bond donors (Lipinski definition) is 0. The first-order chi connectivity index (χ1) is 5.90. The van der Waals surface area contributed by atoms with Crippen LogP contribution in [0.3, 0.4) is 0 Å². The van der Waals surface area contributed by atoms with Gasteiger partial charge < -0.3 is 9.64 Å². The monoisotopic (exact) mass is 247 g/mol. The molecular formula is C7H12Cl3NO2. The average Bonchev–Trinajstić information content (AvgIpc) is 2.02. The third-order valence-electron chi connectivity index (χ3n) is 1.38. The van der Waals surface area contributed by atoms with Crippen molar-refractivity contribution < 1.29 is 9.53 Å². The van der Waals surface area contributed by atoms with E-state index in [-0.39, 0.29) is 6.61 Å². The van der Waals surface area contributed by atoms with E-state index in [1.165, 1.54) is 4.90 Å². The number of amides is 1. The number of carbonyl (C=O) groups is 1. The van der Waals surface area contributed by atoms with Crippen LogP contribution in [0.5, 0.6) is 0 Å². The van der Waals surface area contributed by atoms with Gasteiger partial charge in [0.25, 0.3) is 0 Å². The molecule has 6 heteroatoms. The summed E-state index contributed by atoms with van der Waals surface area (Å²) in [5.41, 5.74) is 0. The topological polar surface area (TPSA) is 29.5 Å². The number of carbonyl (C=O) groups excluding carboxylic acids is 1. The molecule has 0 aliphatic carbocycles. The predicted molar refractivity (Wildman–Crippen MR) is 54.6 cm³/mol. The normalized spacial score (nSPS) is 11.2. The zero-order valence-electron chi connectivity index (χ0n) is 7.52. The molecule has 0 aliphatic heterocycles. The van der Waals surface area contributed by atoms with Gasteiger partial charge in [0.1, 0.15) is 6.61 Å². The highest BCUT2D eigenvalue weighted by Gasteiger charge is 2.23. The van der Waals surface area contributed by atoms with E-state index in [2.05, 4.69) is 0 Å². The summed E-state index contributed by atoms with van der Waals surface area (Å²) in [7, 11) is 0. The van der Waals surface area contributed by atoms with Crippen LogP contribution in [0.2, 0.25) is 0 Å². The smallest absolute Gasteiger partial charge is 0.409 e. The summed E-state index contributed by atoms with van der Waals surface area (Å²) in [6, 6.07) is 0. The van der Waals surface area contributed by atoms with E-state index in [0.29, 0.717) is 13.1 Å². The van der Waals surface area contributed by atoms with E-state index in [9.17, 15) is 4.79 Å². The molecule has 0 heterocycles. The van der Waals surface area contributed by atoms with Crippen molar-refractivity contribution in [3.05, 3.63) is 0 Å². The van der Waals surface area contributed by atoms with Gasteiger partial charge in [-0.2, -0.15) is 0 Å². The van der Waals surface area contributed by atoms with E-state index < -0.39 is 9.89 Å². The quantitative estimate of drug-likeness (QED) is 0.719. The van der Waals surface area contributed by atoms with Crippen molar-refractivity contribution in [2.24, 2.45) is 0 Å². The zero-order chi connectivity index (χ0) is 10.5. The number of nitrogens with zero attached hydrogens (tertiary/aromatic N) is 1. The number of rotatable bonds is 3. The van der Waals surface area contributed by atoms with Crippen LogP contribution in [0, 0.1) is 0 Å². The van der Waals surface area contributed by atoms with Gasteiger partial charge in [-0.15, -0.1) is 0 Å². The second kappa shape index (κ2) is 5.78. The van der Waals surface area contributed by atoms with E-state index in [0.717, 1.165) is 0 Å². The molecule has 0 saturated carbocycles. The summed E-state index contributed by atoms with van der Waals surface area (Å²) in [5, 5.41) is 0. The Labute approximate surface area is 92.9 Å². The van der Waals surface area contributed by atoms with Gasteiger partial charge in [0, 0.05) is 13.1 Å². The molecule has 0 atom stereocenters. The molecule has 0 aliphatic rings. The number of halogens is 3. The van der Waals surface area contributed by atoms with Gasteiger partial charge in [-0.1, -0.05) is 34.8 Å². The van der Waals surface area contributed by atoms with Crippen LogP contribution in [0.25, 0.3) is 0 Å². The van der Waals surface area contributed by atoms with Crippen LogP contribution in [0.15, 0.2) is 0 Å². The Bertz CT molecular complexity index is 166. The van der Waals surface area contributed by atoms with Crippen molar-refractivity contribution >= 4 is 40.9 Å². The van der Waals surface area contributed by atoms with Gasteiger partial charge >= 0.3 is 6.09 Å². The Morgan fingerprint density at radius 2 is 1.77 bits per heavy atom. The van der Waals surface area contributed by atoms with Gasteiger partial charge in [0.05, 0.1) is 0 Å². The maximum Gasteiger partial charge on any atom is 0.409 e. The van der Waals surface area contributed by atoms with Gasteiger partial charge in [-0.25, -0.2) is 4.79 Å². The van der Waals surface area contributed by atoms with Gasteiger partial charge in [0.2, 0.25) is 3.79 Å².